The molecule has 2 aromatic carbocycles. The molecule has 3 amide bonds. The number of imide groups is 1. The molecule has 0 bridgehead atoms. The van der Waals surface area contributed by atoms with E-state index in [1.807, 2.05) is 5.32 Å². The largest absolute Gasteiger partial charge is 0.351 e. The quantitative estimate of drug-likeness (QED) is 0.528. The number of hydrogen-bond donors (Lipinski definition) is 2. The summed E-state index contributed by atoms with van der Waals surface area (Å²) < 4.78 is 15.3. The molecule has 0 radical (unpaired) electrons. The zero-order valence-electron chi connectivity index (χ0n) is 14.2. The van der Waals surface area contributed by atoms with Crippen LogP contribution in [0.2, 0.25) is 0 Å². The van der Waals surface area contributed by atoms with E-state index in [-0.39, 0.29) is 16.5 Å². The molecule has 9 heteroatoms. The van der Waals surface area contributed by atoms with Gasteiger partial charge in [-0.1, -0.05) is 30.0 Å². The topological polar surface area (TPSA) is 107 Å². The number of aryl methyl sites for hydroxylation is 1. The molecular weight excluding hydrogens is 371 g/mol. The number of rotatable bonds is 4. The lowest BCUT2D eigenvalue weighted by Gasteiger charge is -2.13. The van der Waals surface area contributed by atoms with Gasteiger partial charge >= 0.3 is 6.03 Å². The molecule has 0 aliphatic carbocycles. The highest BCUT2D eigenvalue weighted by atomic mass is 32.2. The van der Waals surface area contributed by atoms with Crippen LogP contribution in [0.3, 0.4) is 0 Å². The maximum absolute atomic E-state index is 14.0. The maximum Gasteiger partial charge on any atom is 0.318 e. The van der Waals surface area contributed by atoms with Gasteiger partial charge in [0.15, 0.2) is 5.16 Å². The van der Waals surface area contributed by atoms with E-state index in [4.69, 9.17) is 5.73 Å². The van der Waals surface area contributed by atoms with Crippen molar-refractivity contribution in [2.45, 2.75) is 12.1 Å². The van der Waals surface area contributed by atoms with Gasteiger partial charge in [0.1, 0.15) is 5.82 Å². The summed E-state index contributed by atoms with van der Waals surface area (Å²) in [4.78, 5) is 39.9. The van der Waals surface area contributed by atoms with Crippen molar-refractivity contribution in [1.29, 1.82) is 0 Å². The van der Waals surface area contributed by atoms with Crippen LogP contribution in [0.25, 0.3) is 16.6 Å². The number of nitrogens with zero attached hydrogens (tertiary/aromatic N) is 2. The summed E-state index contributed by atoms with van der Waals surface area (Å²) in [6, 6.07) is 10.2. The van der Waals surface area contributed by atoms with Gasteiger partial charge in [0, 0.05) is 0 Å². The van der Waals surface area contributed by atoms with Gasteiger partial charge in [0.2, 0.25) is 5.91 Å². The summed E-state index contributed by atoms with van der Waals surface area (Å²) in [5, 5.41) is 2.51. The Morgan fingerprint density at radius 2 is 2.00 bits per heavy atom. The van der Waals surface area contributed by atoms with Crippen molar-refractivity contribution in [3.63, 3.8) is 0 Å². The van der Waals surface area contributed by atoms with Gasteiger partial charge in [-0.15, -0.1) is 0 Å². The van der Waals surface area contributed by atoms with E-state index >= 15 is 0 Å². The fraction of sp³-hybridized carbons (Fsp3) is 0.111. The Morgan fingerprint density at radius 1 is 1.26 bits per heavy atom. The van der Waals surface area contributed by atoms with Gasteiger partial charge in [-0.2, -0.15) is 0 Å². The fourth-order valence-electron chi connectivity index (χ4n) is 2.46. The van der Waals surface area contributed by atoms with Gasteiger partial charge in [-0.25, -0.2) is 14.2 Å². The average Bonchev–Trinajstić information content (AvgIpc) is 2.62. The second-order valence-electron chi connectivity index (χ2n) is 5.69. The molecule has 3 N–H and O–H groups in total. The zero-order chi connectivity index (χ0) is 19.6. The first-order valence-corrected chi connectivity index (χ1v) is 8.86. The summed E-state index contributed by atoms with van der Waals surface area (Å²) in [5.41, 5.74) is 5.71. The van der Waals surface area contributed by atoms with Gasteiger partial charge in [-0.3, -0.25) is 19.5 Å². The number of aromatic nitrogens is 2. The van der Waals surface area contributed by atoms with E-state index in [0.717, 1.165) is 11.8 Å². The van der Waals surface area contributed by atoms with Crippen molar-refractivity contribution >= 4 is 34.6 Å². The number of hydrogen-bond acceptors (Lipinski definition) is 5. The maximum atomic E-state index is 14.0. The minimum atomic E-state index is -0.968. The number of benzene rings is 2. The van der Waals surface area contributed by atoms with Crippen molar-refractivity contribution in [2.75, 3.05) is 5.75 Å². The van der Waals surface area contributed by atoms with E-state index in [9.17, 15) is 18.8 Å². The molecule has 0 unspecified atom stereocenters. The number of halogens is 1. The predicted octanol–water partition coefficient (Wildman–Crippen LogP) is 2.12. The van der Waals surface area contributed by atoms with Gasteiger partial charge in [-0.05, 0) is 36.8 Å². The molecule has 7 nitrogen and oxygen atoms in total. The van der Waals surface area contributed by atoms with E-state index in [1.54, 1.807) is 43.3 Å². The third kappa shape index (κ3) is 3.98. The minimum Gasteiger partial charge on any atom is -0.351 e. The number of urea groups is 1. The molecule has 0 fully saturated rings. The van der Waals surface area contributed by atoms with Crippen molar-refractivity contribution in [3.8, 4) is 5.69 Å². The number of amides is 3. The summed E-state index contributed by atoms with van der Waals surface area (Å²) >= 11 is 0.941. The van der Waals surface area contributed by atoms with Gasteiger partial charge in [0.05, 0.1) is 22.3 Å². The standard InChI is InChI=1S/C18H15FN4O3S/c1-10-6-7-11(8-13(10)19)23-16(25)12-4-2-3-5-14(12)21-18(23)27-9-15(24)22-17(20)26/h2-8H,9H2,1H3,(H3,20,22,24,26). The van der Waals surface area contributed by atoms with Crippen molar-refractivity contribution in [1.82, 2.24) is 14.9 Å². The zero-order valence-corrected chi connectivity index (χ0v) is 15.0. The lowest BCUT2D eigenvalue weighted by molar-refractivity contribution is -0.117. The lowest BCUT2D eigenvalue weighted by atomic mass is 10.2. The Kier molecular flexibility index (Phi) is 5.22. The number of para-hydroxylation sites is 1. The second kappa shape index (κ2) is 7.58. The first-order valence-electron chi connectivity index (χ1n) is 7.87. The molecule has 3 aromatic rings. The Morgan fingerprint density at radius 3 is 2.70 bits per heavy atom. The molecule has 0 saturated heterocycles. The number of thioether (sulfide) groups is 1. The highest BCUT2D eigenvalue weighted by Crippen LogP contribution is 2.22. The van der Waals surface area contributed by atoms with Gasteiger partial charge < -0.3 is 5.73 Å². The first kappa shape index (κ1) is 18.6. The molecule has 0 aliphatic heterocycles. The first-order chi connectivity index (χ1) is 12.9. The number of carbonyl (C=O) groups is 2. The van der Waals surface area contributed by atoms with E-state index < -0.39 is 17.8 Å². The number of nitrogens with two attached hydrogens (primary N) is 1. The molecule has 0 atom stereocenters. The van der Waals surface area contributed by atoms with E-state index in [0.29, 0.717) is 22.2 Å². The Hall–Kier alpha value is -3.20. The van der Waals surface area contributed by atoms with Crippen LogP contribution < -0.4 is 16.6 Å². The number of primary amides is 1. The highest BCUT2D eigenvalue weighted by Gasteiger charge is 2.16. The van der Waals surface area contributed by atoms with Crippen LogP contribution in [-0.4, -0.2) is 27.2 Å². The fourth-order valence-corrected chi connectivity index (χ4v) is 3.27. The van der Waals surface area contributed by atoms with E-state index in [2.05, 4.69) is 4.98 Å². The Balaban J connectivity index is 2.12. The molecule has 1 aromatic heterocycles. The highest BCUT2D eigenvalue weighted by molar-refractivity contribution is 7.99. The molecule has 3 rings (SSSR count). The summed E-state index contributed by atoms with van der Waals surface area (Å²) in [7, 11) is 0. The molecule has 1 heterocycles. The SMILES string of the molecule is Cc1ccc(-n2c(SCC(=O)NC(N)=O)nc3ccccc3c2=O)cc1F. The molecule has 0 aliphatic rings. The third-order valence-corrected chi connectivity index (χ3v) is 4.69. The van der Waals surface area contributed by atoms with Crippen molar-refractivity contribution in [3.05, 3.63) is 64.2 Å². The normalized spacial score (nSPS) is 10.7. The lowest BCUT2D eigenvalue weighted by Crippen LogP contribution is -2.36. The van der Waals surface area contributed by atoms with Crippen molar-refractivity contribution < 1.29 is 14.0 Å². The van der Waals surface area contributed by atoms with Crippen LogP contribution in [0.5, 0.6) is 0 Å². The average molecular weight is 386 g/mol. The van der Waals surface area contributed by atoms with Crippen molar-refractivity contribution in [2.24, 2.45) is 5.73 Å². The Labute approximate surface area is 157 Å². The van der Waals surface area contributed by atoms with Crippen LogP contribution in [0.15, 0.2) is 52.4 Å². The van der Waals surface area contributed by atoms with Crippen LogP contribution in [-0.2, 0) is 4.79 Å². The molecule has 27 heavy (non-hydrogen) atoms. The third-order valence-electron chi connectivity index (χ3n) is 3.75. The van der Waals surface area contributed by atoms with Crippen LogP contribution in [0.4, 0.5) is 9.18 Å². The molecule has 138 valence electrons. The van der Waals surface area contributed by atoms with Gasteiger partial charge in [0.25, 0.3) is 5.56 Å². The molecule has 0 saturated carbocycles. The summed E-state index contributed by atoms with van der Waals surface area (Å²) in [6.07, 6.45) is 0. The van der Waals surface area contributed by atoms with E-state index in [1.165, 1.54) is 10.6 Å². The second-order valence-corrected chi connectivity index (χ2v) is 6.63. The molecule has 0 spiro atoms. The smallest absolute Gasteiger partial charge is 0.318 e. The number of nitrogens with one attached hydrogen (secondary N) is 1. The summed E-state index contributed by atoms with van der Waals surface area (Å²) in [6.45, 7) is 1.62. The number of fused-ring (bicyclic) bond motifs is 1. The summed E-state index contributed by atoms with van der Waals surface area (Å²) in [5.74, 6) is -1.28. The molecular formula is C18H15FN4O3S. The minimum absolute atomic E-state index is 0.192. The van der Waals surface area contributed by atoms with Crippen LogP contribution in [0.1, 0.15) is 5.56 Å². The Bertz CT molecular complexity index is 1110. The number of carbonyl (C=O) groups excluding carboxylic acids is 2. The van der Waals surface area contributed by atoms with Crippen LogP contribution in [0, 0.1) is 12.7 Å². The predicted molar refractivity (Wildman–Crippen MR) is 100 cm³/mol. The monoisotopic (exact) mass is 386 g/mol. The van der Waals surface area contributed by atoms with Crippen LogP contribution >= 0.6 is 11.8 Å².